The van der Waals surface area contributed by atoms with Crippen molar-refractivity contribution in [3.8, 4) is 0 Å². The van der Waals surface area contributed by atoms with E-state index >= 15 is 0 Å². The van der Waals surface area contributed by atoms with E-state index in [0.717, 1.165) is 5.56 Å². The van der Waals surface area contributed by atoms with E-state index in [1.807, 2.05) is 0 Å². The SMILES string of the molecule is CCS(=O)(=O)c1cc(CCCC(N)=O)ccn1. The van der Waals surface area contributed by atoms with Crippen molar-refractivity contribution in [3.63, 3.8) is 0 Å². The number of primary amides is 1. The molecule has 2 N–H and O–H groups in total. The normalized spacial score (nSPS) is 11.4. The molecule has 0 bridgehead atoms. The average molecular weight is 256 g/mol. The van der Waals surface area contributed by atoms with Crippen LogP contribution in [0.4, 0.5) is 0 Å². The average Bonchev–Trinajstić information content (AvgIpc) is 2.29. The number of hydrogen-bond acceptors (Lipinski definition) is 4. The first kappa shape index (κ1) is 13.6. The van der Waals surface area contributed by atoms with E-state index in [-0.39, 0.29) is 16.7 Å². The number of nitrogens with two attached hydrogens (primary N) is 1. The highest BCUT2D eigenvalue weighted by atomic mass is 32.2. The summed E-state index contributed by atoms with van der Waals surface area (Å²) in [6.45, 7) is 1.58. The van der Waals surface area contributed by atoms with E-state index in [4.69, 9.17) is 5.73 Å². The Bertz CT molecular complexity index is 497. The second-order valence-electron chi connectivity index (χ2n) is 3.73. The molecule has 0 aliphatic heterocycles. The van der Waals surface area contributed by atoms with Crippen molar-refractivity contribution in [3.05, 3.63) is 23.9 Å². The number of hydrogen-bond donors (Lipinski definition) is 1. The third-order valence-corrected chi connectivity index (χ3v) is 4.01. The Hall–Kier alpha value is -1.43. The molecule has 0 fully saturated rings. The van der Waals surface area contributed by atoms with Gasteiger partial charge in [-0.2, -0.15) is 0 Å². The second kappa shape index (κ2) is 5.77. The second-order valence-corrected chi connectivity index (χ2v) is 5.95. The van der Waals surface area contributed by atoms with Gasteiger partial charge in [-0.05, 0) is 30.5 Å². The molecule has 0 saturated carbocycles. The number of aryl methyl sites for hydroxylation is 1. The predicted molar refractivity (Wildman–Crippen MR) is 64.1 cm³/mol. The first-order valence-electron chi connectivity index (χ1n) is 5.41. The van der Waals surface area contributed by atoms with Gasteiger partial charge >= 0.3 is 0 Å². The Morgan fingerprint density at radius 1 is 1.47 bits per heavy atom. The molecule has 0 radical (unpaired) electrons. The maximum absolute atomic E-state index is 11.6. The highest BCUT2D eigenvalue weighted by Crippen LogP contribution is 2.12. The molecule has 0 aromatic carbocycles. The van der Waals surface area contributed by atoms with Gasteiger partial charge in [0.25, 0.3) is 0 Å². The van der Waals surface area contributed by atoms with Gasteiger partial charge in [0.2, 0.25) is 5.91 Å². The monoisotopic (exact) mass is 256 g/mol. The molecule has 1 amide bonds. The Balaban J connectivity index is 2.76. The van der Waals surface area contributed by atoms with Gasteiger partial charge in [0.15, 0.2) is 14.9 Å². The van der Waals surface area contributed by atoms with Gasteiger partial charge in [-0.3, -0.25) is 4.79 Å². The van der Waals surface area contributed by atoms with E-state index < -0.39 is 9.84 Å². The van der Waals surface area contributed by atoms with Crippen LogP contribution in [0.5, 0.6) is 0 Å². The van der Waals surface area contributed by atoms with Crippen molar-refractivity contribution in [2.24, 2.45) is 5.73 Å². The molecule has 5 nitrogen and oxygen atoms in total. The lowest BCUT2D eigenvalue weighted by Gasteiger charge is -2.03. The summed E-state index contributed by atoms with van der Waals surface area (Å²) in [4.78, 5) is 14.4. The summed E-state index contributed by atoms with van der Waals surface area (Å²) in [7, 11) is -3.26. The first-order valence-corrected chi connectivity index (χ1v) is 7.07. The van der Waals surface area contributed by atoms with Crippen LogP contribution in [0.3, 0.4) is 0 Å². The minimum atomic E-state index is -3.26. The molecule has 0 aliphatic carbocycles. The van der Waals surface area contributed by atoms with Gasteiger partial charge in [0.05, 0.1) is 5.75 Å². The maximum Gasteiger partial charge on any atom is 0.217 e. The van der Waals surface area contributed by atoms with E-state index in [1.165, 1.54) is 6.20 Å². The molecule has 1 aromatic rings. The lowest BCUT2D eigenvalue weighted by atomic mass is 10.1. The van der Waals surface area contributed by atoms with Crippen molar-refractivity contribution in [2.45, 2.75) is 31.2 Å². The minimum Gasteiger partial charge on any atom is -0.370 e. The largest absolute Gasteiger partial charge is 0.370 e. The Labute approximate surface area is 101 Å². The Morgan fingerprint density at radius 2 is 2.18 bits per heavy atom. The standard InChI is InChI=1S/C11H16N2O3S/c1-2-17(15,16)11-8-9(6-7-13-11)4-3-5-10(12)14/h6-8H,2-5H2,1H3,(H2,12,14). The number of pyridine rings is 1. The van der Waals surface area contributed by atoms with Crippen LogP contribution >= 0.6 is 0 Å². The zero-order valence-corrected chi connectivity index (χ0v) is 10.5. The molecule has 94 valence electrons. The molecule has 0 atom stereocenters. The van der Waals surface area contributed by atoms with Gasteiger partial charge in [0, 0.05) is 12.6 Å². The summed E-state index contributed by atoms with van der Waals surface area (Å²) in [5.74, 6) is -0.314. The summed E-state index contributed by atoms with van der Waals surface area (Å²) in [5.41, 5.74) is 5.89. The predicted octanol–water partition coefficient (Wildman–Crippen LogP) is 0.683. The summed E-state index contributed by atoms with van der Waals surface area (Å²) in [6.07, 6.45) is 3.02. The van der Waals surface area contributed by atoms with Crippen LogP contribution in [-0.4, -0.2) is 25.1 Å². The molecule has 1 heterocycles. The Kier molecular flexibility index (Phi) is 4.62. The zero-order chi connectivity index (χ0) is 12.9. The fourth-order valence-corrected chi connectivity index (χ4v) is 2.24. The summed E-state index contributed by atoms with van der Waals surface area (Å²) < 4.78 is 23.2. The molecular formula is C11H16N2O3S. The molecule has 6 heteroatoms. The smallest absolute Gasteiger partial charge is 0.217 e. The number of amides is 1. The summed E-state index contributed by atoms with van der Waals surface area (Å²) in [6, 6.07) is 3.30. The van der Waals surface area contributed by atoms with Crippen molar-refractivity contribution in [2.75, 3.05) is 5.75 Å². The fourth-order valence-electron chi connectivity index (χ4n) is 1.39. The molecule has 0 unspecified atom stereocenters. The summed E-state index contributed by atoms with van der Waals surface area (Å²) >= 11 is 0. The van der Waals surface area contributed by atoms with Crippen molar-refractivity contribution >= 4 is 15.7 Å². The fraction of sp³-hybridized carbons (Fsp3) is 0.455. The number of sulfone groups is 1. The van der Waals surface area contributed by atoms with E-state index in [2.05, 4.69) is 4.98 Å². The van der Waals surface area contributed by atoms with Gasteiger partial charge in [-0.15, -0.1) is 0 Å². The minimum absolute atomic E-state index is 0.0325. The van der Waals surface area contributed by atoms with Crippen molar-refractivity contribution in [1.82, 2.24) is 4.98 Å². The third kappa shape index (κ3) is 4.14. The van der Waals surface area contributed by atoms with E-state index in [9.17, 15) is 13.2 Å². The van der Waals surface area contributed by atoms with Gasteiger partial charge in [-0.25, -0.2) is 13.4 Å². The molecular weight excluding hydrogens is 240 g/mol. The molecule has 0 spiro atoms. The number of aromatic nitrogens is 1. The van der Waals surface area contributed by atoms with E-state index in [0.29, 0.717) is 19.3 Å². The number of carbonyl (C=O) groups is 1. The Morgan fingerprint density at radius 3 is 2.76 bits per heavy atom. The van der Waals surface area contributed by atoms with Gasteiger partial charge in [-0.1, -0.05) is 6.92 Å². The van der Waals surface area contributed by atoms with Crippen LogP contribution in [0.1, 0.15) is 25.3 Å². The van der Waals surface area contributed by atoms with Crippen LogP contribution in [0, 0.1) is 0 Å². The van der Waals surface area contributed by atoms with Crippen LogP contribution in [0.15, 0.2) is 23.4 Å². The molecule has 17 heavy (non-hydrogen) atoms. The molecule has 1 aromatic heterocycles. The van der Waals surface area contributed by atoms with Crippen molar-refractivity contribution < 1.29 is 13.2 Å². The maximum atomic E-state index is 11.6. The number of rotatable bonds is 6. The lowest BCUT2D eigenvalue weighted by Crippen LogP contribution is -2.10. The van der Waals surface area contributed by atoms with Crippen molar-refractivity contribution in [1.29, 1.82) is 0 Å². The third-order valence-electron chi connectivity index (χ3n) is 2.39. The van der Waals surface area contributed by atoms with Crippen LogP contribution in [-0.2, 0) is 21.1 Å². The van der Waals surface area contributed by atoms with Crippen LogP contribution in [0.25, 0.3) is 0 Å². The zero-order valence-electron chi connectivity index (χ0n) is 9.72. The van der Waals surface area contributed by atoms with Crippen LogP contribution < -0.4 is 5.73 Å². The van der Waals surface area contributed by atoms with Gasteiger partial charge < -0.3 is 5.73 Å². The number of carbonyl (C=O) groups excluding carboxylic acids is 1. The molecule has 0 saturated heterocycles. The first-order chi connectivity index (χ1) is 7.95. The summed E-state index contributed by atoms with van der Waals surface area (Å²) in [5, 5.41) is 0.0941. The lowest BCUT2D eigenvalue weighted by molar-refractivity contribution is -0.118. The van der Waals surface area contributed by atoms with Crippen LogP contribution in [0.2, 0.25) is 0 Å². The highest BCUT2D eigenvalue weighted by molar-refractivity contribution is 7.91. The highest BCUT2D eigenvalue weighted by Gasteiger charge is 2.13. The molecule has 0 aliphatic rings. The number of nitrogens with zero attached hydrogens (tertiary/aromatic N) is 1. The quantitative estimate of drug-likeness (QED) is 0.810. The van der Waals surface area contributed by atoms with Gasteiger partial charge in [0.1, 0.15) is 0 Å². The van der Waals surface area contributed by atoms with E-state index in [1.54, 1.807) is 19.1 Å². The molecule has 1 rings (SSSR count). The topological polar surface area (TPSA) is 90.1 Å².